The smallest absolute Gasteiger partial charge is 0.325 e. The molecule has 1 fully saturated rings. The molecule has 2 amide bonds. The van der Waals surface area contributed by atoms with Crippen LogP contribution in [0.3, 0.4) is 0 Å². The number of hydrogen-bond donors (Lipinski definition) is 3. The summed E-state index contributed by atoms with van der Waals surface area (Å²) in [5.41, 5.74) is 0.658. The van der Waals surface area contributed by atoms with Crippen molar-refractivity contribution >= 4 is 13.6 Å². The van der Waals surface area contributed by atoms with Crippen LogP contribution >= 0.6 is 7.60 Å². The fourth-order valence-corrected chi connectivity index (χ4v) is 4.86. The molecular formula is C26H33F2N2O5P. The number of urea groups is 1. The summed E-state index contributed by atoms with van der Waals surface area (Å²) in [5, 5.41) is 10.3. The van der Waals surface area contributed by atoms with Gasteiger partial charge >= 0.3 is 19.5 Å². The van der Waals surface area contributed by atoms with Gasteiger partial charge in [0.1, 0.15) is 6.10 Å². The highest BCUT2D eigenvalue weighted by Crippen LogP contribution is 2.35. The summed E-state index contributed by atoms with van der Waals surface area (Å²) in [4.78, 5) is 34.3. The van der Waals surface area contributed by atoms with Crippen molar-refractivity contribution < 1.29 is 33.0 Å². The minimum absolute atomic E-state index is 0.167. The van der Waals surface area contributed by atoms with E-state index in [9.17, 15) is 23.2 Å². The topological polar surface area (TPSA) is 101 Å². The number of benzene rings is 2. The number of aliphatic hydroxyl groups excluding tert-OH is 1. The number of rotatable bonds is 13. The van der Waals surface area contributed by atoms with Gasteiger partial charge in [0, 0.05) is 31.4 Å². The summed E-state index contributed by atoms with van der Waals surface area (Å²) in [5.74, 6) is -3.48. The molecule has 1 aliphatic heterocycles. The maximum absolute atomic E-state index is 14.7. The normalized spacial score (nSPS) is 17.8. The van der Waals surface area contributed by atoms with Gasteiger partial charge in [-0.25, -0.2) is 4.79 Å². The average molecular weight is 523 g/mol. The minimum Gasteiger partial charge on any atom is -0.382 e. The van der Waals surface area contributed by atoms with Crippen LogP contribution < -0.4 is 0 Å². The van der Waals surface area contributed by atoms with Gasteiger partial charge < -0.3 is 24.7 Å². The molecule has 7 nitrogen and oxygen atoms in total. The van der Waals surface area contributed by atoms with Crippen LogP contribution in [0.15, 0.2) is 72.8 Å². The molecule has 2 aromatic rings. The Hall–Kier alpha value is -2.58. The first-order chi connectivity index (χ1) is 17.1. The van der Waals surface area contributed by atoms with Gasteiger partial charge in [-0.2, -0.15) is 8.78 Å². The number of unbranched alkanes of at least 4 members (excludes halogenated alkanes) is 3. The molecule has 0 spiro atoms. The molecule has 1 heterocycles. The van der Waals surface area contributed by atoms with E-state index in [0.717, 1.165) is 11.6 Å². The quantitative estimate of drug-likeness (QED) is 0.200. The molecule has 36 heavy (non-hydrogen) atoms. The van der Waals surface area contributed by atoms with E-state index in [1.54, 1.807) is 15.9 Å². The Labute approximate surface area is 210 Å². The fraction of sp³-hybridized carbons (Fsp3) is 0.423. The van der Waals surface area contributed by atoms with Gasteiger partial charge in [0.2, 0.25) is 0 Å². The van der Waals surface area contributed by atoms with Crippen LogP contribution in [-0.4, -0.2) is 62.1 Å². The lowest BCUT2D eigenvalue weighted by atomic mass is 10.0. The molecule has 196 valence electrons. The zero-order valence-corrected chi connectivity index (χ0v) is 20.9. The van der Waals surface area contributed by atoms with Crippen molar-refractivity contribution in [3.63, 3.8) is 0 Å². The first kappa shape index (κ1) is 28.0. The van der Waals surface area contributed by atoms with Gasteiger partial charge in [0.05, 0.1) is 6.04 Å². The standard InChI is InChI=1S/C26H33F2N2O5P/c27-26(28,22-13-7-4-8-14-22)24(31)16-15-23-20-29(19-21-11-5-3-6-12-21)25(32)30(23)17-9-1-2-10-18-36(33,34)35/h3-8,11-16,23-24,31H,1-2,9-10,17-20H2,(H2,33,34,35)/b16-15+/t23-,24?/m0/s1. The van der Waals surface area contributed by atoms with Gasteiger partial charge in [-0.3, -0.25) is 4.57 Å². The Balaban J connectivity index is 1.66. The molecule has 1 saturated heterocycles. The van der Waals surface area contributed by atoms with E-state index in [4.69, 9.17) is 9.79 Å². The van der Waals surface area contributed by atoms with Crippen LogP contribution in [0.2, 0.25) is 0 Å². The van der Waals surface area contributed by atoms with Crippen molar-refractivity contribution in [3.8, 4) is 0 Å². The lowest BCUT2D eigenvalue weighted by Gasteiger charge is -2.23. The van der Waals surface area contributed by atoms with Gasteiger partial charge in [-0.1, -0.05) is 85.7 Å². The summed E-state index contributed by atoms with van der Waals surface area (Å²) in [7, 11) is -4.02. The van der Waals surface area contributed by atoms with Crippen LogP contribution in [0.1, 0.15) is 36.8 Å². The first-order valence-electron chi connectivity index (χ1n) is 12.0. The van der Waals surface area contributed by atoms with E-state index in [1.807, 2.05) is 30.3 Å². The summed E-state index contributed by atoms with van der Waals surface area (Å²) >= 11 is 0. The average Bonchev–Trinajstić information content (AvgIpc) is 3.14. The summed E-state index contributed by atoms with van der Waals surface area (Å²) in [6.07, 6.45) is 2.60. The number of amides is 2. The molecule has 0 bridgehead atoms. The highest BCUT2D eigenvalue weighted by Gasteiger charge is 2.40. The third kappa shape index (κ3) is 7.96. The number of alkyl halides is 2. The molecular weight excluding hydrogens is 489 g/mol. The Kier molecular flexibility index (Phi) is 9.79. The predicted molar refractivity (Wildman–Crippen MR) is 134 cm³/mol. The van der Waals surface area contributed by atoms with Crippen molar-refractivity contribution in [3.05, 3.63) is 83.9 Å². The second-order valence-electron chi connectivity index (χ2n) is 9.03. The van der Waals surface area contributed by atoms with Crippen molar-refractivity contribution in [1.29, 1.82) is 0 Å². The Morgan fingerprint density at radius 3 is 2.25 bits per heavy atom. The molecule has 0 aliphatic carbocycles. The third-order valence-electron chi connectivity index (χ3n) is 6.18. The first-order valence-corrected chi connectivity index (χ1v) is 13.8. The zero-order valence-electron chi connectivity index (χ0n) is 20.0. The summed E-state index contributed by atoms with van der Waals surface area (Å²) in [6.45, 7) is 1.05. The van der Waals surface area contributed by atoms with Crippen LogP contribution in [0.5, 0.6) is 0 Å². The van der Waals surface area contributed by atoms with Crippen molar-refractivity contribution in [2.24, 2.45) is 0 Å². The van der Waals surface area contributed by atoms with Crippen LogP contribution in [0, 0.1) is 0 Å². The number of hydrogen-bond acceptors (Lipinski definition) is 3. The van der Waals surface area contributed by atoms with Crippen LogP contribution in [0.4, 0.5) is 13.6 Å². The number of carbonyl (C=O) groups is 1. The monoisotopic (exact) mass is 522 g/mol. The maximum atomic E-state index is 14.7. The molecule has 0 saturated carbocycles. The van der Waals surface area contributed by atoms with Gasteiger partial charge in [-0.05, 0) is 18.4 Å². The van der Waals surface area contributed by atoms with E-state index in [1.165, 1.54) is 30.3 Å². The highest BCUT2D eigenvalue weighted by atomic mass is 31.2. The molecule has 3 N–H and O–H groups in total. The van der Waals surface area contributed by atoms with E-state index in [-0.39, 0.29) is 17.8 Å². The molecule has 2 atom stereocenters. The molecule has 0 radical (unpaired) electrons. The predicted octanol–water partition coefficient (Wildman–Crippen LogP) is 4.74. The van der Waals surface area contributed by atoms with Crippen molar-refractivity contribution in [2.75, 3.05) is 19.3 Å². The molecule has 3 rings (SSSR count). The molecule has 1 unspecified atom stereocenters. The molecule has 0 aromatic heterocycles. The van der Waals surface area contributed by atoms with E-state index in [2.05, 4.69) is 0 Å². The van der Waals surface area contributed by atoms with Crippen molar-refractivity contribution in [2.45, 2.75) is 50.3 Å². The maximum Gasteiger partial charge on any atom is 0.325 e. The minimum atomic E-state index is -4.02. The number of carbonyl (C=O) groups excluding carboxylic acids is 1. The lowest BCUT2D eigenvalue weighted by molar-refractivity contribution is -0.0929. The van der Waals surface area contributed by atoms with Crippen molar-refractivity contribution in [1.82, 2.24) is 9.80 Å². The van der Waals surface area contributed by atoms with Crippen LogP contribution in [0.25, 0.3) is 0 Å². The lowest BCUT2D eigenvalue weighted by Crippen LogP contribution is -2.35. The number of halogens is 2. The molecule has 10 heteroatoms. The number of aliphatic hydroxyl groups is 1. The SMILES string of the molecule is O=C1N(Cc2ccccc2)C[C@H](/C=C/C(O)C(F)(F)c2ccccc2)N1CCCCCCP(=O)(O)O. The number of nitrogens with zero attached hydrogens (tertiary/aromatic N) is 2. The van der Waals surface area contributed by atoms with Gasteiger partial charge in [-0.15, -0.1) is 0 Å². The molecule has 1 aliphatic rings. The largest absolute Gasteiger partial charge is 0.382 e. The second-order valence-corrected chi connectivity index (χ2v) is 10.8. The Bertz CT molecular complexity index is 1050. The van der Waals surface area contributed by atoms with Gasteiger partial charge in [0.15, 0.2) is 0 Å². The third-order valence-corrected chi connectivity index (χ3v) is 7.08. The van der Waals surface area contributed by atoms with E-state index in [0.29, 0.717) is 45.3 Å². The van der Waals surface area contributed by atoms with Crippen LogP contribution in [-0.2, 0) is 17.0 Å². The van der Waals surface area contributed by atoms with Gasteiger partial charge in [0.25, 0.3) is 0 Å². The molecule has 2 aromatic carbocycles. The second kappa shape index (κ2) is 12.6. The summed E-state index contributed by atoms with van der Waals surface area (Å²) < 4.78 is 40.4. The Morgan fingerprint density at radius 1 is 1.00 bits per heavy atom. The summed E-state index contributed by atoms with van der Waals surface area (Å²) in [6, 6.07) is 15.9. The van der Waals surface area contributed by atoms with E-state index >= 15 is 0 Å². The zero-order chi connectivity index (χ0) is 26.2. The highest BCUT2D eigenvalue weighted by molar-refractivity contribution is 7.51. The Morgan fingerprint density at radius 2 is 1.61 bits per heavy atom. The van der Waals surface area contributed by atoms with E-state index < -0.39 is 25.7 Å². The fourth-order valence-electron chi connectivity index (χ4n) is 4.23.